The molecule has 38 heavy (non-hydrogen) atoms. The van der Waals surface area contributed by atoms with E-state index in [2.05, 4.69) is 25.7 Å². The van der Waals surface area contributed by atoms with Gasteiger partial charge in [0, 0.05) is 43.3 Å². The number of carbonyl (C=O) groups is 1. The second kappa shape index (κ2) is 10.6. The molecule has 1 saturated heterocycles. The Hall–Kier alpha value is -3.71. The molecule has 3 heterocycles. The number of benzene rings is 2. The first-order valence-corrected chi connectivity index (χ1v) is 12.9. The van der Waals surface area contributed by atoms with Crippen LogP contribution in [0.1, 0.15) is 11.1 Å². The van der Waals surface area contributed by atoms with Crippen molar-refractivity contribution in [1.82, 2.24) is 30.4 Å². The summed E-state index contributed by atoms with van der Waals surface area (Å²) >= 11 is 1.65. The minimum Gasteiger partial charge on any atom is -0.353 e. The van der Waals surface area contributed by atoms with Crippen LogP contribution in [0.5, 0.6) is 0 Å². The van der Waals surface area contributed by atoms with Gasteiger partial charge in [-0.05, 0) is 36.1 Å². The number of hydrogen-bond acceptors (Lipinski definition) is 7. The van der Waals surface area contributed by atoms with Crippen molar-refractivity contribution < 1.29 is 22.4 Å². The normalized spacial score (nSPS) is 16.1. The highest BCUT2D eigenvalue weighted by Gasteiger charge is 2.34. The van der Waals surface area contributed by atoms with Crippen LogP contribution in [0.15, 0.2) is 59.9 Å². The molecule has 2 N–H and O–H groups in total. The predicted molar refractivity (Wildman–Crippen MR) is 136 cm³/mol. The van der Waals surface area contributed by atoms with E-state index in [4.69, 9.17) is 0 Å². The van der Waals surface area contributed by atoms with Gasteiger partial charge in [0.05, 0.1) is 16.6 Å². The summed E-state index contributed by atoms with van der Waals surface area (Å²) in [5.74, 6) is -1.01. The maximum absolute atomic E-state index is 14.1. The molecule has 0 spiro atoms. The second-order valence-electron chi connectivity index (χ2n) is 8.69. The van der Waals surface area contributed by atoms with Gasteiger partial charge in [-0.25, -0.2) is 19.0 Å². The summed E-state index contributed by atoms with van der Waals surface area (Å²) in [5, 5.41) is 11.0. The smallest absolute Gasteiger partial charge is 0.353 e. The van der Waals surface area contributed by atoms with Gasteiger partial charge in [-0.2, -0.15) is 13.2 Å². The summed E-state index contributed by atoms with van der Waals surface area (Å²) in [6, 6.07) is 10.1. The van der Waals surface area contributed by atoms with Crippen LogP contribution in [0.4, 0.5) is 23.4 Å². The predicted octanol–water partition coefficient (Wildman–Crippen LogP) is 3.79. The van der Waals surface area contributed by atoms with Gasteiger partial charge in [-0.1, -0.05) is 12.1 Å². The summed E-state index contributed by atoms with van der Waals surface area (Å²) in [6.45, 7) is 1.83. The zero-order valence-corrected chi connectivity index (χ0v) is 21.0. The number of thioether (sulfide) groups is 1. The monoisotopic (exact) mass is 545 g/mol. The molecule has 0 aliphatic carbocycles. The molecule has 0 radical (unpaired) electrons. The fraction of sp³-hybridized carbons (Fsp3) is 0.280. The highest BCUT2D eigenvalue weighted by Crippen LogP contribution is 2.32. The lowest BCUT2D eigenvalue weighted by atomic mass is 10.1. The van der Waals surface area contributed by atoms with Crippen LogP contribution in [0, 0.1) is 5.82 Å². The molecule has 0 saturated carbocycles. The summed E-state index contributed by atoms with van der Waals surface area (Å²) in [7, 11) is 0. The molecule has 1 aliphatic heterocycles. The van der Waals surface area contributed by atoms with Crippen molar-refractivity contribution in [2.75, 3.05) is 30.8 Å². The molecule has 13 heteroatoms. The van der Waals surface area contributed by atoms with E-state index in [9.17, 15) is 22.4 Å². The van der Waals surface area contributed by atoms with Crippen molar-refractivity contribution in [3.63, 3.8) is 0 Å². The van der Waals surface area contributed by atoms with Gasteiger partial charge in [0.1, 0.15) is 24.0 Å². The Bertz CT molecular complexity index is 1460. The number of nitrogens with zero attached hydrogens (tertiary/aromatic N) is 5. The van der Waals surface area contributed by atoms with Crippen LogP contribution < -0.4 is 15.5 Å². The summed E-state index contributed by atoms with van der Waals surface area (Å²) < 4.78 is 54.2. The fourth-order valence-corrected chi connectivity index (χ4v) is 4.67. The molecule has 0 unspecified atom stereocenters. The highest BCUT2D eigenvalue weighted by molar-refractivity contribution is 7.98. The quantitative estimate of drug-likeness (QED) is 0.282. The van der Waals surface area contributed by atoms with E-state index in [-0.39, 0.29) is 11.6 Å². The first-order chi connectivity index (χ1) is 18.2. The van der Waals surface area contributed by atoms with E-state index >= 15 is 0 Å². The molecule has 5 rings (SSSR count). The van der Waals surface area contributed by atoms with Gasteiger partial charge in [0.2, 0.25) is 5.91 Å². The van der Waals surface area contributed by atoms with Crippen molar-refractivity contribution >= 4 is 34.5 Å². The first kappa shape index (κ1) is 25.9. The number of alkyl halides is 3. The number of fused-ring (bicyclic) bond motifs is 1. The number of amides is 1. The number of aromatic nitrogens is 4. The molecule has 1 atom stereocenters. The van der Waals surface area contributed by atoms with Crippen molar-refractivity contribution in [2.24, 2.45) is 0 Å². The number of nitrogens with one attached hydrogen (secondary N) is 2. The van der Waals surface area contributed by atoms with E-state index < -0.39 is 23.6 Å². The number of rotatable bonds is 6. The van der Waals surface area contributed by atoms with Crippen molar-refractivity contribution in [1.29, 1.82) is 0 Å². The van der Waals surface area contributed by atoms with Gasteiger partial charge < -0.3 is 15.5 Å². The Labute approximate surface area is 219 Å². The maximum atomic E-state index is 14.1. The molecule has 4 aromatic rings. The lowest BCUT2D eigenvalue weighted by Crippen LogP contribution is -2.57. The zero-order valence-electron chi connectivity index (χ0n) is 20.2. The third-order valence-corrected chi connectivity index (χ3v) is 6.98. The van der Waals surface area contributed by atoms with Gasteiger partial charge in [-0.15, -0.1) is 16.9 Å². The average molecular weight is 546 g/mol. The van der Waals surface area contributed by atoms with Gasteiger partial charge >= 0.3 is 6.18 Å². The molecular weight excluding hydrogens is 522 g/mol. The third-order valence-electron chi connectivity index (χ3n) is 6.24. The van der Waals surface area contributed by atoms with E-state index in [1.165, 1.54) is 11.0 Å². The number of anilines is 1. The molecule has 2 aromatic heterocycles. The highest BCUT2D eigenvalue weighted by atomic mass is 32.2. The van der Waals surface area contributed by atoms with Crippen molar-refractivity contribution in [3.8, 4) is 5.69 Å². The molecule has 1 fully saturated rings. The molecule has 0 bridgehead atoms. The molecule has 8 nitrogen and oxygen atoms in total. The molecule has 198 valence electrons. The molecule has 2 aromatic carbocycles. The Morgan fingerprint density at radius 2 is 1.97 bits per heavy atom. The standard InChI is InChI=1S/C25H23F4N7OS/c1-38-17-5-2-15(3-6-17)11-31-24(37)21-13-35(9-8-30-21)23-18-12-36(34-22(18)32-14-33-23)16-4-7-19(20(26)10-16)25(27,28)29/h2-7,10,12,14,21,30H,8-9,11,13H2,1H3,(H,31,37)/t21-/m0/s1. The molecule has 1 aliphatic rings. The lowest BCUT2D eigenvalue weighted by Gasteiger charge is -2.33. The zero-order chi connectivity index (χ0) is 26.9. The third kappa shape index (κ3) is 5.43. The van der Waals surface area contributed by atoms with E-state index in [0.29, 0.717) is 49.1 Å². The summed E-state index contributed by atoms with van der Waals surface area (Å²) in [4.78, 5) is 24.5. The fourth-order valence-electron chi connectivity index (χ4n) is 4.26. The van der Waals surface area contributed by atoms with Crippen LogP contribution in [-0.4, -0.2) is 57.6 Å². The lowest BCUT2D eigenvalue weighted by molar-refractivity contribution is -0.140. The topological polar surface area (TPSA) is 88.0 Å². The van der Waals surface area contributed by atoms with E-state index in [1.54, 1.807) is 18.0 Å². The summed E-state index contributed by atoms with van der Waals surface area (Å²) in [6.07, 6.45) is 0.0854. The van der Waals surface area contributed by atoms with Crippen molar-refractivity contribution in [2.45, 2.75) is 23.7 Å². The van der Waals surface area contributed by atoms with Crippen LogP contribution in [0.2, 0.25) is 0 Å². The van der Waals surface area contributed by atoms with Gasteiger partial charge in [0.25, 0.3) is 0 Å². The Morgan fingerprint density at radius 3 is 2.68 bits per heavy atom. The van der Waals surface area contributed by atoms with Gasteiger partial charge in [-0.3, -0.25) is 4.79 Å². The van der Waals surface area contributed by atoms with Crippen LogP contribution in [0.25, 0.3) is 16.7 Å². The van der Waals surface area contributed by atoms with Crippen LogP contribution >= 0.6 is 11.8 Å². The maximum Gasteiger partial charge on any atom is 0.419 e. The van der Waals surface area contributed by atoms with Crippen LogP contribution in [0.3, 0.4) is 0 Å². The van der Waals surface area contributed by atoms with Crippen LogP contribution in [-0.2, 0) is 17.5 Å². The molecular formula is C25H23F4N7OS. The Kier molecular flexibility index (Phi) is 7.21. The number of halogens is 4. The average Bonchev–Trinajstić information content (AvgIpc) is 3.36. The SMILES string of the molecule is CSc1ccc(CNC(=O)[C@@H]2CN(c3ncnc4nn(-c5ccc(C(F)(F)F)c(F)c5)cc34)CCN2)cc1. The first-order valence-electron chi connectivity index (χ1n) is 11.7. The Morgan fingerprint density at radius 1 is 1.18 bits per heavy atom. The second-order valence-corrected chi connectivity index (χ2v) is 9.57. The van der Waals surface area contributed by atoms with Gasteiger partial charge in [0.15, 0.2) is 5.65 Å². The number of hydrogen-bond donors (Lipinski definition) is 2. The minimum atomic E-state index is -4.79. The van der Waals surface area contributed by atoms with E-state index in [0.717, 1.165) is 22.6 Å². The Balaban J connectivity index is 1.32. The molecule has 1 amide bonds. The van der Waals surface area contributed by atoms with E-state index in [1.807, 2.05) is 35.4 Å². The number of piperazine rings is 1. The largest absolute Gasteiger partial charge is 0.419 e. The number of carbonyl (C=O) groups excluding carboxylic acids is 1. The minimum absolute atomic E-state index is 0.113. The van der Waals surface area contributed by atoms with Crippen molar-refractivity contribution in [3.05, 3.63) is 71.9 Å². The summed E-state index contributed by atoms with van der Waals surface area (Å²) in [5.41, 5.74) is 0.0557.